The number of benzene rings is 2. The van der Waals surface area contributed by atoms with Crippen LogP contribution in [0.4, 0.5) is 5.69 Å². The summed E-state index contributed by atoms with van der Waals surface area (Å²) in [6.45, 7) is 1.49. The Morgan fingerprint density at radius 2 is 1.32 bits per heavy atom. The molecule has 5 heteroatoms. The maximum absolute atomic E-state index is 10.5. The van der Waals surface area contributed by atoms with E-state index in [0.29, 0.717) is 0 Å². The molecule has 0 unspecified atom stereocenters. The molecule has 0 bridgehead atoms. The quantitative estimate of drug-likeness (QED) is 0.634. The number of phenols is 3. The number of anilines is 1. The van der Waals surface area contributed by atoms with Crippen molar-refractivity contribution in [2.24, 2.45) is 0 Å². The fourth-order valence-corrected chi connectivity index (χ4v) is 1.30. The number of para-hydroxylation sites is 1. The second-order valence-electron chi connectivity index (χ2n) is 3.75. The molecule has 0 heterocycles. The zero-order valence-corrected chi connectivity index (χ0v) is 10.4. The van der Waals surface area contributed by atoms with Crippen LogP contribution in [0.2, 0.25) is 0 Å². The summed E-state index contributed by atoms with van der Waals surface area (Å²) in [6.07, 6.45) is 0. The van der Waals surface area contributed by atoms with E-state index in [9.17, 15) is 4.79 Å². The number of hydrogen-bond donors (Lipinski definition) is 4. The summed E-state index contributed by atoms with van der Waals surface area (Å²) in [5, 5.41) is 28.7. The number of amides is 1. The third-order valence-corrected chi connectivity index (χ3v) is 1.98. The molecule has 4 N–H and O–H groups in total. The lowest BCUT2D eigenvalue weighted by Crippen LogP contribution is -2.04. The van der Waals surface area contributed by atoms with Crippen molar-refractivity contribution in [3.63, 3.8) is 0 Å². The Bertz CT molecular complexity index is 490. The number of aromatic hydroxyl groups is 3. The SMILES string of the molecule is CC(=O)Nc1ccccc1.Oc1cc(O)cc(O)c1. The van der Waals surface area contributed by atoms with E-state index >= 15 is 0 Å². The summed E-state index contributed by atoms with van der Waals surface area (Å²) in [4.78, 5) is 10.5. The summed E-state index contributed by atoms with van der Waals surface area (Å²) in [5.74, 6) is -0.473. The van der Waals surface area contributed by atoms with Crippen molar-refractivity contribution in [2.45, 2.75) is 6.92 Å². The third-order valence-electron chi connectivity index (χ3n) is 1.98. The van der Waals surface area contributed by atoms with Gasteiger partial charge in [0.1, 0.15) is 17.2 Å². The van der Waals surface area contributed by atoms with E-state index in [-0.39, 0.29) is 23.2 Å². The van der Waals surface area contributed by atoms with Crippen LogP contribution < -0.4 is 5.32 Å². The Morgan fingerprint density at radius 1 is 0.895 bits per heavy atom. The third kappa shape index (κ3) is 5.97. The highest BCUT2D eigenvalue weighted by atomic mass is 16.3. The number of phenolic OH excluding ortho intramolecular Hbond substituents is 3. The standard InChI is InChI=1S/C8H9NO.C6H6O3/c1-7(10)9-8-5-3-2-4-6-8;7-4-1-5(8)3-6(9)2-4/h2-6H,1H3,(H,9,10);1-3,7-9H. The summed E-state index contributed by atoms with van der Waals surface area (Å²) in [5.41, 5.74) is 0.843. The minimum Gasteiger partial charge on any atom is -0.508 e. The molecule has 0 saturated carbocycles. The average Bonchev–Trinajstić information content (AvgIpc) is 2.28. The first-order valence-electron chi connectivity index (χ1n) is 5.52. The van der Waals surface area contributed by atoms with E-state index < -0.39 is 0 Å². The monoisotopic (exact) mass is 261 g/mol. The van der Waals surface area contributed by atoms with Crippen LogP contribution in [0.25, 0.3) is 0 Å². The molecule has 2 rings (SSSR count). The van der Waals surface area contributed by atoms with Crippen molar-refractivity contribution >= 4 is 11.6 Å². The minimum absolute atomic E-state index is 0.0359. The topological polar surface area (TPSA) is 89.8 Å². The van der Waals surface area contributed by atoms with E-state index in [1.807, 2.05) is 30.3 Å². The molecule has 0 aliphatic rings. The molecule has 2 aromatic carbocycles. The zero-order chi connectivity index (χ0) is 14.3. The lowest BCUT2D eigenvalue weighted by molar-refractivity contribution is -0.114. The van der Waals surface area contributed by atoms with Gasteiger partial charge in [-0.15, -0.1) is 0 Å². The fraction of sp³-hybridized carbons (Fsp3) is 0.0714. The van der Waals surface area contributed by atoms with Gasteiger partial charge in [0, 0.05) is 30.8 Å². The van der Waals surface area contributed by atoms with E-state index in [4.69, 9.17) is 15.3 Å². The molecule has 0 radical (unpaired) electrons. The van der Waals surface area contributed by atoms with Gasteiger partial charge in [-0.3, -0.25) is 4.79 Å². The first kappa shape index (κ1) is 14.4. The van der Waals surface area contributed by atoms with Crippen LogP contribution in [-0.4, -0.2) is 21.2 Å². The maximum atomic E-state index is 10.5. The maximum Gasteiger partial charge on any atom is 0.221 e. The zero-order valence-electron chi connectivity index (χ0n) is 10.4. The largest absolute Gasteiger partial charge is 0.508 e. The molecular weight excluding hydrogens is 246 g/mol. The molecule has 2 aromatic rings. The van der Waals surface area contributed by atoms with Crippen LogP contribution in [0.1, 0.15) is 6.92 Å². The van der Waals surface area contributed by atoms with Crippen LogP contribution in [-0.2, 0) is 4.79 Å². The van der Waals surface area contributed by atoms with E-state index in [2.05, 4.69) is 5.32 Å². The van der Waals surface area contributed by atoms with Crippen molar-refractivity contribution in [1.29, 1.82) is 0 Å². The lowest BCUT2D eigenvalue weighted by Gasteiger charge is -1.98. The molecule has 19 heavy (non-hydrogen) atoms. The summed E-state index contributed by atoms with van der Waals surface area (Å²) in [6, 6.07) is 12.8. The first-order valence-corrected chi connectivity index (χ1v) is 5.52. The van der Waals surface area contributed by atoms with E-state index in [1.165, 1.54) is 6.92 Å². The number of carbonyl (C=O) groups excluding carboxylic acids is 1. The summed E-state index contributed by atoms with van der Waals surface area (Å²) in [7, 11) is 0. The predicted octanol–water partition coefficient (Wildman–Crippen LogP) is 2.45. The van der Waals surface area contributed by atoms with Crippen molar-refractivity contribution in [3.8, 4) is 17.2 Å². The molecule has 0 fully saturated rings. The highest BCUT2D eigenvalue weighted by Gasteiger charge is 1.94. The Kier molecular flexibility index (Phi) is 5.22. The lowest BCUT2D eigenvalue weighted by atomic mass is 10.3. The van der Waals surface area contributed by atoms with Gasteiger partial charge >= 0.3 is 0 Å². The van der Waals surface area contributed by atoms with Gasteiger partial charge in [0.2, 0.25) is 5.91 Å². The summed E-state index contributed by atoms with van der Waals surface area (Å²) >= 11 is 0. The Balaban J connectivity index is 0.000000191. The molecule has 1 amide bonds. The number of rotatable bonds is 1. The molecule has 0 spiro atoms. The van der Waals surface area contributed by atoms with Gasteiger partial charge < -0.3 is 20.6 Å². The van der Waals surface area contributed by atoms with Gasteiger partial charge in [-0.05, 0) is 12.1 Å². The molecular formula is C14H15NO4. The van der Waals surface area contributed by atoms with Crippen LogP contribution >= 0.6 is 0 Å². The second kappa shape index (κ2) is 6.90. The van der Waals surface area contributed by atoms with Crippen LogP contribution in [0, 0.1) is 0 Å². The normalized spacial score (nSPS) is 9.11. The number of nitrogens with one attached hydrogen (secondary N) is 1. The molecule has 0 aliphatic carbocycles. The molecule has 0 saturated heterocycles. The summed E-state index contributed by atoms with van der Waals surface area (Å²) < 4.78 is 0. The van der Waals surface area contributed by atoms with Gasteiger partial charge in [-0.25, -0.2) is 0 Å². The highest BCUT2D eigenvalue weighted by molar-refractivity contribution is 5.88. The number of hydrogen-bond acceptors (Lipinski definition) is 4. The van der Waals surface area contributed by atoms with Crippen molar-refractivity contribution in [3.05, 3.63) is 48.5 Å². The smallest absolute Gasteiger partial charge is 0.221 e. The van der Waals surface area contributed by atoms with E-state index in [1.54, 1.807) is 0 Å². The van der Waals surface area contributed by atoms with Crippen LogP contribution in [0.3, 0.4) is 0 Å². The Hall–Kier alpha value is -2.69. The first-order chi connectivity index (χ1) is 8.97. The highest BCUT2D eigenvalue weighted by Crippen LogP contribution is 2.23. The van der Waals surface area contributed by atoms with Crippen molar-refractivity contribution < 1.29 is 20.1 Å². The molecule has 0 aliphatic heterocycles. The van der Waals surface area contributed by atoms with Gasteiger partial charge in [-0.1, -0.05) is 18.2 Å². The molecule has 0 aromatic heterocycles. The molecule has 5 nitrogen and oxygen atoms in total. The van der Waals surface area contributed by atoms with Crippen LogP contribution in [0.15, 0.2) is 48.5 Å². The Morgan fingerprint density at radius 3 is 1.68 bits per heavy atom. The Labute approximate surface area is 110 Å². The van der Waals surface area contributed by atoms with Gasteiger partial charge in [0.25, 0.3) is 0 Å². The van der Waals surface area contributed by atoms with Crippen molar-refractivity contribution in [2.75, 3.05) is 5.32 Å². The number of carbonyl (C=O) groups is 1. The van der Waals surface area contributed by atoms with Gasteiger partial charge in [0.05, 0.1) is 0 Å². The van der Waals surface area contributed by atoms with E-state index in [0.717, 1.165) is 23.9 Å². The second-order valence-corrected chi connectivity index (χ2v) is 3.75. The fourth-order valence-electron chi connectivity index (χ4n) is 1.30. The van der Waals surface area contributed by atoms with Gasteiger partial charge in [-0.2, -0.15) is 0 Å². The average molecular weight is 261 g/mol. The molecule has 0 atom stereocenters. The van der Waals surface area contributed by atoms with Crippen LogP contribution in [0.5, 0.6) is 17.2 Å². The van der Waals surface area contributed by atoms with Crippen molar-refractivity contribution in [1.82, 2.24) is 0 Å². The minimum atomic E-state index is -0.146. The molecule has 100 valence electrons. The predicted molar refractivity (Wildman–Crippen MR) is 72.2 cm³/mol. The van der Waals surface area contributed by atoms with Gasteiger partial charge in [0.15, 0.2) is 0 Å².